The van der Waals surface area contributed by atoms with Crippen molar-refractivity contribution in [1.82, 2.24) is 14.9 Å². The van der Waals surface area contributed by atoms with E-state index in [4.69, 9.17) is 17.3 Å². The Balaban J connectivity index is 2.04. The Labute approximate surface area is 107 Å². The second-order valence-corrected chi connectivity index (χ2v) is 5.07. The molecule has 6 heteroatoms. The number of aromatic nitrogens is 2. The molecule has 0 amide bonds. The monoisotopic (exact) mass is 255 g/mol. The number of nitrogens with zero attached hydrogens (tertiary/aromatic N) is 4. The Morgan fingerprint density at radius 3 is 3.00 bits per heavy atom. The van der Waals surface area contributed by atoms with Gasteiger partial charge in [0.05, 0.1) is 0 Å². The van der Waals surface area contributed by atoms with Crippen LogP contribution in [-0.4, -0.2) is 48.6 Å². The van der Waals surface area contributed by atoms with E-state index >= 15 is 0 Å². The lowest BCUT2D eigenvalue weighted by Crippen LogP contribution is -2.28. The predicted octanol–water partition coefficient (Wildman–Crippen LogP) is 1.10. The Kier molecular flexibility index (Phi) is 3.69. The first-order valence-electron chi connectivity index (χ1n) is 5.73. The molecule has 0 aromatic carbocycles. The molecule has 1 unspecified atom stereocenters. The fraction of sp³-hybridized carbons (Fsp3) is 0.636. The first-order chi connectivity index (χ1) is 8.08. The van der Waals surface area contributed by atoms with Gasteiger partial charge in [0.1, 0.15) is 17.2 Å². The van der Waals surface area contributed by atoms with Crippen molar-refractivity contribution < 1.29 is 0 Å². The van der Waals surface area contributed by atoms with Crippen LogP contribution >= 0.6 is 11.6 Å². The van der Waals surface area contributed by atoms with Gasteiger partial charge < -0.3 is 15.5 Å². The van der Waals surface area contributed by atoms with Gasteiger partial charge in [0.25, 0.3) is 0 Å². The smallest absolute Gasteiger partial charge is 0.152 e. The van der Waals surface area contributed by atoms with Gasteiger partial charge in [0.2, 0.25) is 0 Å². The van der Waals surface area contributed by atoms with Crippen LogP contribution in [0, 0.1) is 5.92 Å². The summed E-state index contributed by atoms with van der Waals surface area (Å²) in [6.45, 7) is 3.24. The third-order valence-electron chi connectivity index (χ3n) is 3.18. The van der Waals surface area contributed by atoms with Gasteiger partial charge in [0, 0.05) is 20.1 Å². The summed E-state index contributed by atoms with van der Waals surface area (Å²) in [4.78, 5) is 12.5. The van der Waals surface area contributed by atoms with Crippen LogP contribution < -0.4 is 10.6 Å². The average Bonchev–Trinajstić information content (AvgIpc) is 2.68. The molecule has 0 spiro atoms. The molecule has 1 saturated heterocycles. The molecular weight excluding hydrogens is 238 g/mol. The molecule has 0 saturated carbocycles. The van der Waals surface area contributed by atoms with Gasteiger partial charge in [-0.05, 0) is 25.9 Å². The van der Waals surface area contributed by atoms with Crippen molar-refractivity contribution in [1.29, 1.82) is 0 Å². The van der Waals surface area contributed by atoms with Crippen LogP contribution in [-0.2, 0) is 0 Å². The summed E-state index contributed by atoms with van der Waals surface area (Å²) in [7, 11) is 4.14. The number of anilines is 2. The van der Waals surface area contributed by atoms with Gasteiger partial charge in [-0.2, -0.15) is 0 Å². The Bertz CT molecular complexity index is 397. The van der Waals surface area contributed by atoms with E-state index in [0.29, 0.717) is 22.6 Å². The SMILES string of the molecule is CN1CCC(CN(C)c2ncnc(N)c2Cl)C1. The van der Waals surface area contributed by atoms with Gasteiger partial charge in [-0.25, -0.2) is 9.97 Å². The zero-order valence-electron chi connectivity index (χ0n) is 10.2. The summed E-state index contributed by atoms with van der Waals surface area (Å²) in [5, 5.41) is 0.446. The summed E-state index contributed by atoms with van der Waals surface area (Å²) in [5.74, 6) is 1.72. The molecule has 2 heterocycles. The van der Waals surface area contributed by atoms with Crippen molar-refractivity contribution in [2.24, 2.45) is 5.92 Å². The number of likely N-dealkylation sites (tertiary alicyclic amines) is 1. The Hall–Kier alpha value is -1.07. The van der Waals surface area contributed by atoms with Crippen LogP contribution in [0.5, 0.6) is 0 Å². The number of hydrogen-bond acceptors (Lipinski definition) is 5. The highest BCUT2D eigenvalue weighted by molar-refractivity contribution is 6.35. The zero-order chi connectivity index (χ0) is 12.4. The molecule has 1 atom stereocenters. The quantitative estimate of drug-likeness (QED) is 0.877. The summed E-state index contributed by atoms with van der Waals surface area (Å²) in [6.07, 6.45) is 2.67. The van der Waals surface area contributed by atoms with Crippen molar-refractivity contribution in [3.05, 3.63) is 11.3 Å². The molecule has 1 aliphatic rings. The largest absolute Gasteiger partial charge is 0.382 e. The molecule has 94 valence electrons. The van der Waals surface area contributed by atoms with E-state index in [1.54, 1.807) is 0 Å². The molecule has 1 aliphatic heterocycles. The molecule has 0 radical (unpaired) electrons. The first kappa shape index (κ1) is 12.4. The summed E-state index contributed by atoms with van der Waals surface area (Å²) < 4.78 is 0. The van der Waals surface area contributed by atoms with E-state index in [2.05, 4.69) is 26.8 Å². The van der Waals surface area contributed by atoms with Crippen molar-refractivity contribution >= 4 is 23.2 Å². The van der Waals surface area contributed by atoms with Gasteiger partial charge in [-0.3, -0.25) is 0 Å². The van der Waals surface area contributed by atoms with Gasteiger partial charge in [-0.1, -0.05) is 11.6 Å². The van der Waals surface area contributed by atoms with E-state index < -0.39 is 0 Å². The highest BCUT2D eigenvalue weighted by Gasteiger charge is 2.22. The zero-order valence-corrected chi connectivity index (χ0v) is 11.0. The normalized spacial score (nSPS) is 20.8. The van der Waals surface area contributed by atoms with Crippen LogP contribution in [0.4, 0.5) is 11.6 Å². The molecule has 1 fully saturated rings. The van der Waals surface area contributed by atoms with Crippen LogP contribution in [0.1, 0.15) is 6.42 Å². The van der Waals surface area contributed by atoms with Gasteiger partial charge in [0.15, 0.2) is 5.82 Å². The van der Waals surface area contributed by atoms with E-state index in [1.165, 1.54) is 12.7 Å². The maximum absolute atomic E-state index is 6.10. The van der Waals surface area contributed by atoms with Crippen molar-refractivity contribution in [3.8, 4) is 0 Å². The standard InChI is InChI=1S/C11H18ClN5/c1-16-4-3-8(5-16)6-17(2)11-9(12)10(13)14-7-15-11/h7-8H,3-6H2,1-2H3,(H2,13,14,15). The number of rotatable bonds is 3. The minimum Gasteiger partial charge on any atom is -0.382 e. The van der Waals surface area contributed by atoms with E-state index in [1.807, 2.05) is 7.05 Å². The van der Waals surface area contributed by atoms with E-state index in [9.17, 15) is 0 Å². The average molecular weight is 256 g/mol. The highest BCUT2D eigenvalue weighted by Crippen LogP contribution is 2.27. The maximum atomic E-state index is 6.10. The van der Waals surface area contributed by atoms with Crippen LogP contribution in [0.3, 0.4) is 0 Å². The Morgan fingerprint density at radius 1 is 1.59 bits per heavy atom. The number of hydrogen-bond donors (Lipinski definition) is 1. The molecule has 2 rings (SSSR count). The van der Waals surface area contributed by atoms with E-state index in [-0.39, 0.29) is 0 Å². The minimum atomic E-state index is 0.340. The topological polar surface area (TPSA) is 58.3 Å². The second-order valence-electron chi connectivity index (χ2n) is 4.69. The van der Waals surface area contributed by atoms with Gasteiger partial charge >= 0.3 is 0 Å². The van der Waals surface area contributed by atoms with Crippen molar-refractivity contribution in [2.45, 2.75) is 6.42 Å². The number of halogens is 1. The first-order valence-corrected chi connectivity index (χ1v) is 6.11. The number of nitrogen functional groups attached to an aromatic ring is 1. The summed E-state index contributed by atoms with van der Waals surface area (Å²) in [5.41, 5.74) is 5.67. The predicted molar refractivity (Wildman–Crippen MR) is 70.3 cm³/mol. The molecule has 2 N–H and O–H groups in total. The lowest BCUT2D eigenvalue weighted by Gasteiger charge is -2.23. The fourth-order valence-corrected chi connectivity index (χ4v) is 2.53. The molecular formula is C11H18ClN5. The third kappa shape index (κ3) is 2.79. The van der Waals surface area contributed by atoms with Crippen molar-refractivity contribution in [3.63, 3.8) is 0 Å². The summed E-state index contributed by atoms with van der Waals surface area (Å²) in [6, 6.07) is 0. The molecule has 5 nitrogen and oxygen atoms in total. The van der Waals surface area contributed by atoms with Crippen LogP contribution in [0.2, 0.25) is 5.02 Å². The lowest BCUT2D eigenvalue weighted by atomic mass is 10.1. The fourth-order valence-electron chi connectivity index (χ4n) is 2.29. The Morgan fingerprint density at radius 2 is 2.35 bits per heavy atom. The van der Waals surface area contributed by atoms with Crippen LogP contribution in [0.25, 0.3) is 0 Å². The minimum absolute atomic E-state index is 0.340. The molecule has 0 bridgehead atoms. The van der Waals surface area contributed by atoms with E-state index in [0.717, 1.165) is 19.6 Å². The molecule has 17 heavy (non-hydrogen) atoms. The molecule has 1 aromatic rings. The second kappa shape index (κ2) is 5.06. The van der Waals surface area contributed by atoms with Crippen molar-refractivity contribution in [2.75, 3.05) is 44.4 Å². The lowest BCUT2D eigenvalue weighted by molar-refractivity contribution is 0.395. The molecule has 0 aliphatic carbocycles. The highest BCUT2D eigenvalue weighted by atomic mass is 35.5. The third-order valence-corrected chi connectivity index (χ3v) is 3.54. The van der Waals surface area contributed by atoms with Gasteiger partial charge in [-0.15, -0.1) is 0 Å². The van der Waals surface area contributed by atoms with Crippen LogP contribution in [0.15, 0.2) is 6.33 Å². The molecule has 1 aromatic heterocycles. The maximum Gasteiger partial charge on any atom is 0.152 e. The number of nitrogens with two attached hydrogens (primary N) is 1. The summed E-state index contributed by atoms with van der Waals surface area (Å²) >= 11 is 6.10.